The lowest BCUT2D eigenvalue weighted by atomic mass is 9.95. The van der Waals surface area contributed by atoms with Crippen molar-refractivity contribution < 1.29 is 27.8 Å². The third-order valence-electron chi connectivity index (χ3n) is 7.56. The summed E-state index contributed by atoms with van der Waals surface area (Å²) in [4.78, 5) is 24.7. The average Bonchev–Trinajstić information content (AvgIpc) is 3.43. The summed E-state index contributed by atoms with van der Waals surface area (Å²) in [6.45, 7) is 4.73. The molecule has 2 unspecified atom stereocenters. The van der Waals surface area contributed by atoms with Gasteiger partial charge in [-0.05, 0) is 56.4 Å². The highest BCUT2D eigenvalue weighted by Gasteiger charge is 2.59. The van der Waals surface area contributed by atoms with Crippen LogP contribution in [0.3, 0.4) is 0 Å². The van der Waals surface area contributed by atoms with Crippen molar-refractivity contribution in [3.63, 3.8) is 0 Å². The number of ether oxygens (including phenoxy) is 1. The molecule has 1 aliphatic carbocycles. The number of aromatic carboxylic acids is 1. The van der Waals surface area contributed by atoms with Crippen LogP contribution in [-0.2, 0) is 16.3 Å². The highest BCUT2D eigenvalue weighted by Crippen LogP contribution is 2.58. The number of imidazole rings is 1. The number of carboxylic acids is 1. The first-order chi connectivity index (χ1) is 18.0. The number of rotatable bonds is 5. The molecule has 0 bridgehead atoms. The lowest BCUT2D eigenvalue weighted by Gasteiger charge is -2.25. The third-order valence-corrected chi connectivity index (χ3v) is 7.77. The lowest BCUT2D eigenvalue weighted by molar-refractivity contribution is -0.140. The Morgan fingerprint density at radius 3 is 2.79 bits per heavy atom. The normalized spacial score (nSPS) is 21.9. The minimum Gasteiger partial charge on any atom is -0.476 e. The van der Waals surface area contributed by atoms with Crippen LogP contribution >= 0.6 is 11.6 Å². The Kier molecular flexibility index (Phi) is 5.59. The maximum atomic E-state index is 13.8. The minimum atomic E-state index is -4.61. The van der Waals surface area contributed by atoms with Gasteiger partial charge in [0.25, 0.3) is 0 Å². The Labute approximate surface area is 219 Å². The van der Waals surface area contributed by atoms with Gasteiger partial charge in [0, 0.05) is 29.2 Å². The van der Waals surface area contributed by atoms with Gasteiger partial charge >= 0.3 is 12.1 Å². The largest absolute Gasteiger partial charge is 0.476 e. The van der Waals surface area contributed by atoms with E-state index in [2.05, 4.69) is 15.3 Å². The molecule has 2 aliphatic rings. The van der Waals surface area contributed by atoms with Gasteiger partial charge < -0.3 is 15.2 Å². The maximum absolute atomic E-state index is 13.8. The van der Waals surface area contributed by atoms with Crippen molar-refractivity contribution in [3.05, 3.63) is 64.0 Å². The molecule has 1 saturated carbocycles. The highest BCUT2D eigenvalue weighted by molar-refractivity contribution is 6.29. The zero-order valence-electron chi connectivity index (χ0n) is 20.4. The second-order valence-electron chi connectivity index (χ2n) is 10.1. The Bertz CT molecular complexity index is 1620. The molecule has 1 aliphatic heterocycles. The van der Waals surface area contributed by atoms with Crippen molar-refractivity contribution >= 4 is 39.8 Å². The molecule has 1 aromatic carbocycles. The van der Waals surface area contributed by atoms with E-state index in [0.29, 0.717) is 41.9 Å². The van der Waals surface area contributed by atoms with E-state index in [4.69, 9.17) is 21.3 Å². The number of hydrogen-bond donors (Lipinski definition) is 2. The number of anilines is 1. The number of alkyl halides is 3. The van der Waals surface area contributed by atoms with E-state index in [0.717, 1.165) is 18.2 Å². The van der Waals surface area contributed by atoms with Gasteiger partial charge in [-0.1, -0.05) is 17.7 Å². The van der Waals surface area contributed by atoms with E-state index in [1.54, 1.807) is 6.07 Å². The molecular formula is C26H23ClF3N5O3. The summed E-state index contributed by atoms with van der Waals surface area (Å²) < 4.78 is 48.4. The summed E-state index contributed by atoms with van der Waals surface area (Å²) in [5.41, 5.74) is 0.897. The minimum absolute atomic E-state index is 0.0461. The summed E-state index contributed by atoms with van der Waals surface area (Å²) in [6, 6.07) is 6.23. The summed E-state index contributed by atoms with van der Waals surface area (Å²) in [6.07, 6.45) is -2.12. The molecule has 2 N–H and O–H groups in total. The maximum Gasteiger partial charge on any atom is 0.434 e. The van der Waals surface area contributed by atoms with E-state index in [1.807, 2.05) is 19.9 Å². The molecular weight excluding hydrogens is 523 g/mol. The van der Waals surface area contributed by atoms with E-state index in [1.165, 1.54) is 16.5 Å². The van der Waals surface area contributed by atoms with Crippen LogP contribution in [0.1, 0.15) is 58.9 Å². The first-order valence-corrected chi connectivity index (χ1v) is 12.5. The Hall–Kier alpha value is -3.44. The molecule has 2 fully saturated rings. The number of fused-ring (bicyclic) bond motifs is 4. The molecule has 12 heteroatoms. The molecule has 6 rings (SSSR count). The molecule has 0 radical (unpaired) electrons. The van der Waals surface area contributed by atoms with Crippen LogP contribution in [0.2, 0.25) is 5.15 Å². The summed E-state index contributed by atoms with van der Waals surface area (Å²) in [5.74, 6) is -0.509. The zero-order valence-corrected chi connectivity index (χ0v) is 21.2. The van der Waals surface area contributed by atoms with Gasteiger partial charge in [-0.3, -0.25) is 4.40 Å². The van der Waals surface area contributed by atoms with Crippen molar-refractivity contribution in [2.24, 2.45) is 5.92 Å². The predicted octanol–water partition coefficient (Wildman–Crippen LogP) is 5.81. The number of carboxylic acid groups (broad SMARTS) is 1. The molecule has 4 heterocycles. The number of benzene rings is 1. The fourth-order valence-electron chi connectivity index (χ4n) is 5.61. The number of pyridine rings is 1. The summed E-state index contributed by atoms with van der Waals surface area (Å²) in [7, 11) is 0. The number of nitrogens with one attached hydrogen (secondary N) is 1. The van der Waals surface area contributed by atoms with E-state index < -0.39 is 23.9 Å². The Morgan fingerprint density at radius 2 is 2.08 bits per heavy atom. The molecule has 3 aromatic heterocycles. The Balaban J connectivity index is 1.56. The molecule has 0 amide bonds. The van der Waals surface area contributed by atoms with Gasteiger partial charge in [0.1, 0.15) is 16.6 Å². The third kappa shape index (κ3) is 3.95. The van der Waals surface area contributed by atoms with E-state index in [-0.39, 0.29) is 33.5 Å². The van der Waals surface area contributed by atoms with Crippen molar-refractivity contribution in [2.45, 2.75) is 44.3 Å². The second kappa shape index (κ2) is 8.54. The van der Waals surface area contributed by atoms with Crippen LogP contribution in [0, 0.1) is 12.8 Å². The smallest absolute Gasteiger partial charge is 0.434 e. The van der Waals surface area contributed by atoms with Crippen LogP contribution < -0.4 is 5.32 Å². The summed E-state index contributed by atoms with van der Waals surface area (Å²) in [5, 5.41) is 13.3. The second-order valence-corrected chi connectivity index (χ2v) is 10.5. The highest BCUT2D eigenvalue weighted by atomic mass is 35.5. The van der Waals surface area contributed by atoms with Gasteiger partial charge in [0.15, 0.2) is 11.4 Å². The molecule has 8 nitrogen and oxygen atoms in total. The van der Waals surface area contributed by atoms with Crippen LogP contribution in [0.4, 0.5) is 18.9 Å². The number of aromatic nitrogens is 4. The quantitative estimate of drug-likeness (QED) is 0.305. The SMILES string of the molecule is Cc1cc([C@@H](C)Nc2ccc(Cl)nc2C(=O)O)c2nc(C34CCOCC3C4)n3cc(C(F)(F)F)nc3c2c1. The lowest BCUT2D eigenvalue weighted by Crippen LogP contribution is -2.25. The van der Waals surface area contributed by atoms with E-state index in [9.17, 15) is 23.1 Å². The monoisotopic (exact) mass is 545 g/mol. The van der Waals surface area contributed by atoms with Crippen molar-refractivity contribution in [1.29, 1.82) is 0 Å². The van der Waals surface area contributed by atoms with Gasteiger partial charge in [-0.15, -0.1) is 0 Å². The first kappa shape index (κ1) is 24.9. The number of hydrogen-bond acceptors (Lipinski definition) is 6. The van der Waals surface area contributed by atoms with Crippen molar-refractivity contribution in [1.82, 2.24) is 19.4 Å². The number of nitrogens with zero attached hydrogens (tertiary/aromatic N) is 4. The molecule has 0 spiro atoms. The van der Waals surface area contributed by atoms with E-state index >= 15 is 0 Å². The van der Waals surface area contributed by atoms with Crippen molar-refractivity contribution in [3.8, 4) is 0 Å². The van der Waals surface area contributed by atoms with Crippen LogP contribution in [0.15, 0.2) is 30.5 Å². The van der Waals surface area contributed by atoms with Crippen molar-refractivity contribution in [2.75, 3.05) is 18.5 Å². The zero-order chi connectivity index (χ0) is 27.0. The van der Waals surface area contributed by atoms with Gasteiger partial charge in [-0.2, -0.15) is 13.2 Å². The molecule has 1 saturated heterocycles. The number of aryl methyl sites for hydroxylation is 1. The molecule has 3 atom stereocenters. The van der Waals surface area contributed by atoms with Gasteiger partial charge in [-0.25, -0.2) is 19.7 Å². The predicted molar refractivity (Wildman–Crippen MR) is 134 cm³/mol. The van der Waals surface area contributed by atoms with Crippen LogP contribution in [-0.4, -0.2) is 43.6 Å². The van der Waals surface area contributed by atoms with Gasteiger partial charge in [0.2, 0.25) is 0 Å². The topological polar surface area (TPSA) is 102 Å². The standard InChI is InChI=1S/C26H23ClF3N5O3/c1-12-7-15(13(2)31-17-3-4-19(27)33-21(17)23(36)37)20-16(8-12)22-32-18(26(28,29)30)10-35(22)24(34-20)25-5-6-38-11-14(25)9-25/h3-4,7-8,10,13-14,31H,5-6,9,11H2,1-2H3,(H,36,37)/t13-,14?,25?/m1/s1. The average molecular weight is 546 g/mol. The molecule has 4 aromatic rings. The molecule has 198 valence electrons. The summed E-state index contributed by atoms with van der Waals surface area (Å²) >= 11 is 5.90. The first-order valence-electron chi connectivity index (χ1n) is 12.1. The van der Waals surface area contributed by atoms with Crippen LogP contribution in [0.25, 0.3) is 16.6 Å². The fourth-order valence-corrected chi connectivity index (χ4v) is 5.76. The number of halogens is 4. The number of carbonyl (C=O) groups is 1. The fraction of sp³-hybridized carbons (Fsp3) is 0.385. The van der Waals surface area contributed by atoms with Gasteiger partial charge in [0.05, 0.1) is 23.9 Å². The Morgan fingerprint density at radius 1 is 1.29 bits per heavy atom. The van der Waals surface area contributed by atoms with Crippen LogP contribution in [0.5, 0.6) is 0 Å². The molecule has 38 heavy (non-hydrogen) atoms.